The Morgan fingerprint density at radius 1 is 1.44 bits per heavy atom. The summed E-state index contributed by atoms with van der Waals surface area (Å²) in [6.07, 6.45) is 6.09. The summed E-state index contributed by atoms with van der Waals surface area (Å²) in [6.45, 7) is 4.74. The second-order valence-electron chi connectivity index (χ2n) is 5.11. The van der Waals surface area contributed by atoms with E-state index in [1.54, 1.807) is 6.20 Å². The summed E-state index contributed by atoms with van der Waals surface area (Å²) in [5, 5.41) is 0. The van der Waals surface area contributed by atoms with Crippen molar-refractivity contribution in [2.75, 3.05) is 12.3 Å². The minimum absolute atomic E-state index is 0.186. The van der Waals surface area contributed by atoms with E-state index in [0.29, 0.717) is 12.4 Å². The van der Waals surface area contributed by atoms with Crippen LogP contribution in [0.4, 0.5) is 5.82 Å². The first-order chi connectivity index (χ1) is 8.60. The second kappa shape index (κ2) is 5.24. The zero-order chi connectivity index (χ0) is 13.2. The van der Waals surface area contributed by atoms with Gasteiger partial charge in [0.25, 0.3) is 0 Å². The van der Waals surface area contributed by atoms with Gasteiger partial charge in [-0.25, -0.2) is 4.98 Å². The minimum atomic E-state index is -0.253. The number of nitrogens with zero attached hydrogens (tertiary/aromatic N) is 1. The van der Waals surface area contributed by atoms with E-state index in [0.717, 1.165) is 24.0 Å². The highest BCUT2D eigenvalue weighted by atomic mass is 16.5. The summed E-state index contributed by atoms with van der Waals surface area (Å²) in [4.78, 5) is 4.17. The molecular formula is C14H23N3O. The SMILES string of the molecule is CCOC1(C(N)c2c(C)ccnc2N)CCCC1. The maximum absolute atomic E-state index is 6.48. The Bertz CT molecular complexity index is 393. The minimum Gasteiger partial charge on any atom is -0.383 e. The van der Waals surface area contributed by atoms with Crippen molar-refractivity contribution >= 4 is 5.82 Å². The van der Waals surface area contributed by atoms with Crippen LogP contribution in [0, 0.1) is 6.92 Å². The molecule has 0 aromatic carbocycles. The fourth-order valence-corrected chi connectivity index (χ4v) is 3.06. The summed E-state index contributed by atoms with van der Waals surface area (Å²) < 4.78 is 6.01. The Kier molecular flexibility index (Phi) is 3.88. The number of nitrogen functional groups attached to an aromatic ring is 1. The van der Waals surface area contributed by atoms with Crippen LogP contribution < -0.4 is 11.5 Å². The van der Waals surface area contributed by atoms with Crippen molar-refractivity contribution in [3.63, 3.8) is 0 Å². The smallest absolute Gasteiger partial charge is 0.128 e. The zero-order valence-corrected chi connectivity index (χ0v) is 11.3. The number of hydrogen-bond acceptors (Lipinski definition) is 4. The fourth-order valence-electron chi connectivity index (χ4n) is 3.06. The van der Waals surface area contributed by atoms with E-state index in [2.05, 4.69) is 4.98 Å². The molecule has 1 aliphatic carbocycles. The Hall–Kier alpha value is -1.13. The van der Waals surface area contributed by atoms with Crippen molar-refractivity contribution in [1.29, 1.82) is 0 Å². The van der Waals surface area contributed by atoms with E-state index in [1.165, 1.54) is 12.8 Å². The summed E-state index contributed by atoms with van der Waals surface area (Å²) in [6, 6.07) is 1.77. The standard InChI is InChI=1S/C14H23N3O/c1-3-18-14(7-4-5-8-14)12(15)11-10(2)6-9-17-13(11)16/h6,9,12H,3-5,7-8,15H2,1-2H3,(H2,16,17). The molecule has 18 heavy (non-hydrogen) atoms. The number of rotatable bonds is 4. The monoisotopic (exact) mass is 249 g/mol. The topological polar surface area (TPSA) is 74.2 Å². The number of aromatic nitrogens is 1. The molecule has 1 saturated carbocycles. The third-order valence-electron chi connectivity index (χ3n) is 4.00. The average molecular weight is 249 g/mol. The van der Waals surface area contributed by atoms with E-state index < -0.39 is 0 Å². The second-order valence-corrected chi connectivity index (χ2v) is 5.11. The van der Waals surface area contributed by atoms with Gasteiger partial charge in [-0.1, -0.05) is 12.8 Å². The van der Waals surface area contributed by atoms with E-state index in [-0.39, 0.29) is 11.6 Å². The van der Waals surface area contributed by atoms with Crippen molar-refractivity contribution in [3.05, 3.63) is 23.4 Å². The van der Waals surface area contributed by atoms with Crippen molar-refractivity contribution in [1.82, 2.24) is 4.98 Å². The fraction of sp³-hybridized carbons (Fsp3) is 0.643. The molecule has 0 aliphatic heterocycles. The molecule has 4 heteroatoms. The first-order valence-electron chi connectivity index (χ1n) is 6.71. The predicted octanol–water partition coefficient (Wildman–Crippen LogP) is 2.32. The summed E-state index contributed by atoms with van der Waals surface area (Å²) >= 11 is 0. The van der Waals surface area contributed by atoms with Crippen LogP contribution in [0.15, 0.2) is 12.3 Å². The van der Waals surface area contributed by atoms with Crippen LogP contribution in [0.5, 0.6) is 0 Å². The molecule has 0 bridgehead atoms. The van der Waals surface area contributed by atoms with Gasteiger partial charge in [0.1, 0.15) is 5.82 Å². The number of hydrogen-bond donors (Lipinski definition) is 2. The molecule has 1 aliphatic rings. The first kappa shape index (κ1) is 13.3. The van der Waals surface area contributed by atoms with Gasteiger partial charge in [-0.3, -0.25) is 0 Å². The molecule has 1 unspecified atom stereocenters. The summed E-state index contributed by atoms with van der Waals surface area (Å²) in [5.74, 6) is 0.536. The molecule has 100 valence electrons. The van der Waals surface area contributed by atoms with Gasteiger partial charge in [0.05, 0.1) is 11.6 Å². The van der Waals surface area contributed by atoms with E-state index in [1.807, 2.05) is 19.9 Å². The van der Waals surface area contributed by atoms with Crippen LogP contribution in [-0.4, -0.2) is 17.2 Å². The maximum Gasteiger partial charge on any atom is 0.128 e. The highest BCUT2D eigenvalue weighted by Gasteiger charge is 2.42. The molecule has 0 amide bonds. The van der Waals surface area contributed by atoms with E-state index >= 15 is 0 Å². The molecule has 1 aromatic rings. The van der Waals surface area contributed by atoms with Gasteiger partial charge >= 0.3 is 0 Å². The lowest BCUT2D eigenvalue weighted by molar-refractivity contribution is -0.0536. The van der Waals surface area contributed by atoms with Crippen molar-refractivity contribution in [2.45, 2.75) is 51.2 Å². The number of nitrogens with two attached hydrogens (primary N) is 2. The van der Waals surface area contributed by atoms with Gasteiger partial charge < -0.3 is 16.2 Å². The highest BCUT2D eigenvalue weighted by Crippen LogP contribution is 2.43. The number of ether oxygens (including phenoxy) is 1. The third-order valence-corrected chi connectivity index (χ3v) is 4.00. The predicted molar refractivity (Wildman–Crippen MR) is 73.1 cm³/mol. The lowest BCUT2D eigenvalue weighted by Gasteiger charge is -2.36. The van der Waals surface area contributed by atoms with Crippen LogP contribution in [0.1, 0.15) is 49.8 Å². The lowest BCUT2D eigenvalue weighted by Crippen LogP contribution is -2.42. The molecule has 1 aromatic heterocycles. The molecule has 4 nitrogen and oxygen atoms in total. The Morgan fingerprint density at radius 2 is 2.11 bits per heavy atom. The lowest BCUT2D eigenvalue weighted by atomic mass is 9.85. The maximum atomic E-state index is 6.48. The van der Waals surface area contributed by atoms with Gasteiger partial charge in [-0.05, 0) is 38.3 Å². The first-order valence-corrected chi connectivity index (χ1v) is 6.71. The van der Waals surface area contributed by atoms with Crippen molar-refractivity contribution in [2.24, 2.45) is 5.73 Å². The Morgan fingerprint density at radius 3 is 2.67 bits per heavy atom. The van der Waals surface area contributed by atoms with Crippen LogP contribution in [-0.2, 0) is 4.74 Å². The van der Waals surface area contributed by atoms with E-state index in [9.17, 15) is 0 Å². The molecule has 1 atom stereocenters. The number of aryl methyl sites for hydroxylation is 1. The molecular weight excluding hydrogens is 226 g/mol. The van der Waals surface area contributed by atoms with Crippen molar-refractivity contribution in [3.8, 4) is 0 Å². The van der Waals surface area contributed by atoms with Gasteiger partial charge in [0.2, 0.25) is 0 Å². The van der Waals surface area contributed by atoms with Crippen LogP contribution in [0.2, 0.25) is 0 Å². The van der Waals surface area contributed by atoms with Crippen molar-refractivity contribution < 1.29 is 4.74 Å². The van der Waals surface area contributed by atoms with Gasteiger partial charge in [0.15, 0.2) is 0 Å². The Labute approximate surface area is 109 Å². The van der Waals surface area contributed by atoms with Gasteiger partial charge in [-0.15, -0.1) is 0 Å². The molecule has 2 rings (SSSR count). The molecule has 0 spiro atoms. The number of pyridine rings is 1. The molecule has 4 N–H and O–H groups in total. The Balaban J connectivity index is 2.36. The quantitative estimate of drug-likeness (QED) is 0.858. The van der Waals surface area contributed by atoms with E-state index in [4.69, 9.17) is 16.2 Å². The van der Waals surface area contributed by atoms with Crippen LogP contribution in [0.3, 0.4) is 0 Å². The zero-order valence-electron chi connectivity index (χ0n) is 11.3. The molecule has 0 saturated heterocycles. The summed E-state index contributed by atoms with van der Waals surface area (Å²) in [7, 11) is 0. The molecule has 1 fully saturated rings. The largest absolute Gasteiger partial charge is 0.383 e. The van der Waals surface area contributed by atoms with Crippen LogP contribution in [0.25, 0.3) is 0 Å². The molecule has 0 radical (unpaired) electrons. The van der Waals surface area contributed by atoms with Crippen LogP contribution >= 0.6 is 0 Å². The average Bonchev–Trinajstić information content (AvgIpc) is 2.79. The van der Waals surface area contributed by atoms with Gasteiger partial charge in [0, 0.05) is 18.4 Å². The third kappa shape index (κ3) is 2.22. The normalized spacial score (nSPS) is 19.9. The van der Waals surface area contributed by atoms with Gasteiger partial charge in [-0.2, -0.15) is 0 Å². The summed E-state index contributed by atoms with van der Waals surface area (Å²) in [5.41, 5.74) is 14.3. The highest BCUT2D eigenvalue weighted by molar-refractivity contribution is 5.47. The molecule has 1 heterocycles. The number of anilines is 1.